The lowest BCUT2D eigenvalue weighted by atomic mass is 9.91. The summed E-state index contributed by atoms with van der Waals surface area (Å²) in [6, 6.07) is 10.6. The van der Waals surface area contributed by atoms with Gasteiger partial charge in [0.2, 0.25) is 0 Å². The lowest BCUT2D eigenvalue weighted by molar-refractivity contribution is 0.0638. The van der Waals surface area contributed by atoms with Gasteiger partial charge in [-0.1, -0.05) is 25.0 Å². The van der Waals surface area contributed by atoms with E-state index in [0.717, 1.165) is 31.2 Å². The van der Waals surface area contributed by atoms with Gasteiger partial charge >= 0.3 is 0 Å². The van der Waals surface area contributed by atoms with E-state index < -0.39 is 0 Å². The maximum absolute atomic E-state index is 13.4. The molecule has 0 unspecified atom stereocenters. The molecule has 1 fully saturated rings. The van der Waals surface area contributed by atoms with Crippen LogP contribution >= 0.6 is 0 Å². The highest BCUT2D eigenvalue weighted by Gasteiger charge is 2.36. The minimum atomic E-state index is -0.387. The number of rotatable bonds is 8. The van der Waals surface area contributed by atoms with Crippen LogP contribution in [0.1, 0.15) is 74.8 Å². The monoisotopic (exact) mass is 438 g/mol. The molecule has 168 valence electrons. The zero-order valence-electron chi connectivity index (χ0n) is 18.1. The molecule has 0 radical (unpaired) electrons. The Morgan fingerprint density at radius 3 is 2.47 bits per heavy atom. The topological polar surface area (TPSA) is 75.7 Å². The average Bonchev–Trinajstić information content (AvgIpc) is 3.41. The van der Waals surface area contributed by atoms with E-state index in [9.17, 15) is 18.8 Å². The van der Waals surface area contributed by atoms with Crippen molar-refractivity contribution in [3.63, 3.8) is 0 Å². The number of benzene rings is 2. The number of methoxy groups -OCH3 is 1. The van der Waals surface area contributed by atoms with E-state index in [1.54, 1.807) is 31.4 Å². The zero-order chi connectivity index (χ0) is 22.7. The molecule has 2 aromatic rings. The number of fused-ring (bicyclic) bond motifs is 1. The van der Waals surface area contributed by atoms with Crippen molar-refractivity contribution in [3.05, 3.63) is 70.5 Å². The van der Waals surface area contributed by atoms with Crippen molar-refractivity contribution >= 4 is 17.7 Å². The highest BCUT2D eigenvalue weighted by atomic mass is 19.1. The van der Waals surface area contributed by atoms with Crippen molar-refractivity contribution in [1.29, 1.82) is 0 Å². The highest BCUT2D eigenvalue weighted by molar-refractivity contribution is 6.22. The van der Waals surface area contributed by atoms with Crippen LogP contribution < -0.4 is 5.32 Å². The predicted molar refractivity (Wildman–Crippen MR) is 117 cm³/mol. The van der Waals surface area contributed by atoms with Crippen molar-refractivity contribution in [2.24, 2.45) is 5.92 Å². The van der Waals surface area contributed by atoms with Gasteiger partial charge in [0.15, 0.2) is 0 Å². The standard InChI is InChI=1S/C25H27FN2O4/c1-32-14-4-13-28-24(30)20-12-9-18(15-21(20)25(28)31)23(29)27-22(16-5-2-3-6-16)17-7-10-19(26)11-8-17/h7-12,15-16,22H,2-6,13-14H2,1H3,(H,27,29)/t22-/m1/s1. The number of imide groups is 1. The third-order valence-corrected chi connectivity index (χ3v) is 6.35. The van der Waals surface area contributed by atoms with E-state index in [-0.39, 0.29) is 47.6 Å². The second kappa shape index (κ2) is 9.61. The smallest absolute Gasteiger partial charge is 0.261 e. The van der Waals surface area contributed by atoms with Crippen molar-refractivity contribution in [2.75, 3.05) is 20.3 Å². The molecule has 32 heavy (non-hydrogen) atoms. The van der Waals surface area contributed by atoms with Gasteiger partial charge in [0.25, 0.3) is 17.7 Å². The number of nitrogens with zero attached hydrogens (tertiary/aromatic N) is 1. The minimum absolute atomic E-state index is 0.235. The van der Waals surface area contributed by atoms with Gasteiger partial charge in [-0.15, -0.1) is 0 Å². The third kappa shape index (κ3) is 4.43. The molecule has 1 atom stereocenters. The van der Waals surface area contributed by atoms with Gasteiger partial charge in [-0.3, -0.25) is 19.3 Å². The maximum Gasteiger partial charge on any atom is 0.261 e. The minimum Gasteiger partial charge on any atom is -0.385 e. The van der Waals surface area contributed by atoms with Gasteiger partial charge in [-0.2, -0.15) is 0 Å². The molecule has 1 heterocycles. The summed E-state index contributed by atoms with van der Waals surface area (Å²) in [5, 5.41) is 3.09. The summed E-state index contributed by atoms with van der Waals surface area (Å²) in [5.74, 6) is -1.09. The Morgan fingerprint density at radius 2 is 1.78 bits per heavy atom. The van der Waals surface area contributed by atoms with Gasteiger partial charge in [0, 0.05) is 25.8 Å². The lowest BCUT2D eigenvalue weighted by Gasteiger charge is -2.25. The van der Waals surface area contributed by atoms with Crippen LogP contribution in [0, 0.1) is 11.7 Å². The highest BCUT2D eigenvalue weighted by Crippen LogP contribution is 2.36. The molecule has 0 aromatic heterocycles. The molecule has 1 aliphatic carbocycles. The van der Waals surface area contributed by atoms with Crippen LogP contribution in [-0.2, 0) is 4.74 Å². The summed E-state index contributed by atoms with van der Waals surface area (Å²) >= 11 is 0. The van der Waals surface area contributed by atoms with Gasteiger partial charge < -0.3 is 10.1 Å². The fraction of sp³-hybridized carbons (Fsp3) is 0.400. The summed E-state index contributed by atoms with van der Waals surface area (Å²) in [6.07, 6.45) is 4.75. The van der Waals surface area contributed by atoms with E-state index in [4.69, 9.17) is 4.74 Å². The Morgan fingerprint density at radius 1 is 1.09 bits per heavy atom. The lowest BCUT2D eigenvalue weighted by Crippen LogP contribution is -2.33. The number of halogens is 1. The van der Waals surface area contributed by atoms with Gasteiger partial charge in [0.1, 0.15) is 5.82 Å². The Kier molecular flexibility index (Phi) is 6.65. The Balaban J connectivity index is 1.54. The predicted octanol–water partition coefficient (Wildman–Crippen LogP) is 4.12. The van der Waals surface area contributed by atoms with Crippen LogP contribution in [0.3, 0.4) is 0 Å². The molecule has 0 spiro atoms. The first-order valence-electron chi connectivity index (χ1n) is 11.0. The number of carbonyl (C=O) groups is 3. The molecule has 0 saturated heterocycles. The Bertz CT molecular complexity index is 1020. The first kappa shape index (κ1) is 22.1. The van der Waals surface area contributed by atoms with E-state index in [0.29, 0.717) is 24.2 Å². The van der Waals surface area contributed by atoms with Crippen LogP contribution in [0.2, 0.25) is 0 Å². The van der Waals surface area contributed by atoms with E-state index in [2.05, 4.69) is 5.32 Å². The Labute approximate surface area is 186 Å². The summed E-state index contributed by atoms with van der Waals surface area (Å²) < 4.78 is 18.4. The fourth-order valence-corrected chi connectivity index (χ4v) is 4.66. The first-order chi connectivity index (χ1) is 15.5. The SMILES string of the molecule is COCCCN1C(=O)c2ccc(C(=O)N[C@@H](c3ccc(F)cc3)C3CCCC3)cc2C1=O. The van der Waals surface area contributed by atoms with E-state index in [1.807, 2.05) is 0 Å². The molecular weight excluding hydrogens is 411 g/mol. The van der Waals surface area contributed by atoms with Crippen LogP contribution in [0.25, 0.3) is 0 Å². The van der Waals surface area contributed by atoms with Gasteiger partial charge in [-0.25, -0.2) is 4.39 Å². The molecular formula is C25H27FN2O4. The molecule has 6 nitrogen and oxygen atoms in total. The van der Waals surface area contributed by atoms with Gasteiger partial charge in [0.05, 0.1) is 17.2 Å². The summed E-state index contributed by atoms with van der Waals surface area (Å²) in [4.78, 5) is 39.7. The molecule has 4 rings (SSSR count). The Hall–Kier alpha value is -3.06. The fourth-order valence-electron chi connectivity index (χ4n) is 4.66. The average molecular weight is 438 g/mol. The molecule has 1 saturated carbocycles. The van der Waals surface area contributed by atoms with Crippen molar-refractivity contribution in [3.8, 4) is 0 Å². The molecule has 0 bridgehead atoms. The van der Waals surface area contributed by atoms with Crippen LogP contribution in [0.15, 0.2) is 42.5 Å². The molecule has 2 aliphatic rings. The third-order valence-electron chi connectivity index (χ3n) is 6.35. The maximum atomic E-state index is 13.4. The van der Waals surface area contributed by atoms with Gasteiger partial charge in [-0.05, 0) is 61.1 Å². The van der Waals surface area contributed by atoms with E-state index in [1.165, 1.54) is 23.1 Å². The summed E-state index contributed by atoms with van der Waals surface area (Å²) in [6.45, 7) is 0.725. The summed E-state index contributed by atoms with van der Waals surface area (Å²) in [7, 11) is 1.57. The second-order valence-corrected chi connectivity index (χ2v) is 8.42. The second-order valence-electron chi connectivity index (χ2n) is 8.42. The van der Waals surface area contributed by atoms with E-state index >= 15 is 0 Å². The van der Waals surface area contributed by atoms with Crippen molar-refractivity contribution < 1.29 is 23.5 Å². The largest absolute Gasteiger partial charge is 0.385 e. The number of hydrogen-bond donors (Lipinski definition) is 1. The normalized spacial score (nSPS) is 17.0. The number of ether oxygens (including phenoxy) is 1. The van der Waals surface area contributed by atoms with Crippen molar-refractivity contribution in [2.45, 2.75) is 38.1 Å². The molecule has 1 N–H and O–H groups in total. The quantitative estimate of drug-likeness (QED) is 0.497. The first-order valence-corrected chi connectivity index (χ1v) is 11.0. The van der Waals surface area contributed by atoms with Crippen LogP contribution in [-0.4, -0.2) is 42.9 Å². The zero-order valence-corrected chi connectivity index (χ0v) is 18.1. The molecule has 7 heteroatoms. The summed E-state index contributed by atoms with van der Waals surface area (Å²) in [5.41, 5.74) is 1.76. The van der Waals surface area contributed by atoms with Crippen LogP contribution in [0.5, 0.6) is 0 Å². The number of amides is 3. The van der Waals surface area contributed by atoms with Crippen molar-refractivity contribution in [1.82, 2.24) is 10.2 Å². The molecule has 2 aromatic carbocycles. The number of hydrogen-bond acceptors (Lipinski definition) is 4. The molecule has 3 amide bonds. The molecule has 1 aliphatic heterocycles. The number of nitrogens with one attached hydrogen (secondary N) is 1. The number of carbonyl (C=O) groups excluding carboxylic acids is 3. The van der Waals surface area contributed by atoms with Crippen LogP contribution in [0.4, 0.5) is 4.39 Å².